The van der Waals surface area contributed by atoms with E-state index in [0.29, 0.717) is 0 Å². The lowest BCUT2D eigenvalue weighted by molar-refractivity contribution is 0.186. The molecule has 0 spiro atoms. The quantitative estimate of drug-likeness (QED) is 0.461. The summed E-state index contributed by atoms with van der Waals surface area (Å²) in [5.41, 5.74) is 2.50. The third-order valence-electron chi connectivity index (χ3n) is 4.40. The summed E-state index contributed by atoms with van der Waals surface area (Å²) >= 11 is 0. The second kappa shape index (κ2) is 9.90. The van der Waals surface area contributed by atoms with E-state index < -0.39 is 8.56 Å². The summed E-state index contributed by atoms with van der Waals surface area (Å²) in [6.45, 7) is 10.2. The first-order valence-corrected chi connectivity index (χ1v) is 11.4. The highest BCUT2D eigenvalue weighted by Gasteiger charge is 2.42. The molecule has 136 valence electrons. The highest BCUT2D eigenvalue weighted by molar-refractivity contribution is 6.92. The molecule has 25 heavy (non-hydrogen) atoms. The Morgan fingerprint density at radius 3 is 1.52 bits per heavy atom. The third kappa shape index (κ3) is 5.27. The minimum Gasteiger partial charge on any atom is -0.388 e. The predicted molar refractivity (Wildman–Crippen MR) is 109 cm³/mol. The molecule has 3 heteroatoms. The molecule has 2 nitrogen and oxygen atoms in total. The van der Waals surface area contributed by atoms with Gasteiger partial charge in [0.05, 0.1) is 0 Å². The number of rotatable bonds is 10. The van der Waals surface area contributed by atoms with Crippen LogP contribution < -0.4 is 10.4 Å². The Kier molecular flexibility index (Phi) is 7.88. The van der Waals surface area contributed by atoms with Gasteiger partial charge in [-0.3, -0.25) is 0 Å². The molecule has 0 radical (unpaired) electrons. The van der Waals surface area contributed by atoms with Crippen LogP contribution in [0.3, 0.4) is 0 Å². The Morgan fingerprint density at radius 2 is 1.16 bits per heavy atom. The van der Waals surface area contributed by atoms with E-state index in [2.05, 4.69) is 76.2 Å². The van der Waals surface area contributed by atoms with Crippen LogP contribution in [0.4, 0.5) is 0 Å². The molecule has 0 aliphatic heterocycles. The molecule has 0 heterocycles. The van der Waals surface area contributed by atoms with Crippen LogP contribution in [0.25, 0.3) is 0 Å². The fourth-order valence-electron chi connectivity index (χ4n) is 2.96. The minimum atomic E-state index is -2.68. The van der Waals surface area contributed by atoms with Crippen molar-refractivity contribution in [1.29, 1.82) is 0 Å². The zero-order valence-electron chi connectivity index (χ0n) is 16.2. The molecule has 0 N–H and O–H groups in total. The zero-order chi connectivity index (χ0) is 18.1. The second-order valence-electron chi connectivity index (χ2n) is 6.76. The zero-order valence-corrected chi connectivity index (χ0v) is 17.2. The van der Waals surface area contributed by atoms with Gasteiger partial charge in [0.25, 0.3) is 0 Å². The number of aryl methyl sites for hydroxylation is 2. The predicted octanol–water partition coefficient (Wildman–Crippen LogP) is 4.49. The van der Waals surface area contributed by atoms with Crippen LogP contribution in [0.2, 0.25) is 0 Å². The molecule has 0 aromatic heterocycles. The monoisotopic (exact) mass is 356 g/mol. The van der Waals surface area contributed by atoms with E-state index in [0.717, 1.165) is 38.9 Å². The van der Waals surface area contributed by atoms with E-state index in [1.165, 1.54) is 21.5 Å². The van der Waals surface area contributed by atoms with Gasteiger partial charge in [-0.1, -0.05) is 86.3 Å². The summed E-state index contributed by atoms with van der Waals surface area (Å²) < 4.78 is 13.2. The minimum absolute atomic E-state index is 0.747. The van der Waals surface area contributed by atoms with Gasteiger partial charge >= 0.3 is 8.56 Å². The van der Waals surface area contributed by atoms with Gasteiger partial charge in [0.15, 0.2) is 0 Å². The van der Waals surface area contributed by atoms with E-state index in [9.17, 15) is 0 Å². The lowest BCUT2D eigenvalue weighted by atomic mass is 10.2. The average Bonchev–Trinajstić information content (AvgIpc) is 2.61. The van der Waals surface area contributed by atoms with Crippen LogP contribution >= 0.6 is 0 Å². The first-order valence-electron chi connectivity index (χ1n) is 9.54. The van der Waals surface area contributed by atoms with Crippen molar-refractivity contribution < 1.29 is 8.85 Å². The van der Waals surface area contributed by atoms with Crippen molar-refractivity contribution in [2.24, 2.45) is 0 Å². The van der Waals surface area contributed by atoms with E-state index >= 15 is 0 Å². The summed E-state index contributed by atoms with van der Waals surface area (Å²) in [6.07, 6.45) is 4.37. The molecule has 0 fully saturated rings. The van der Waals surface area contributed by atoms with Gasteiger partial charge in [0, 0.05) is 13.2 Å². The maximum Gasteiger partial charge on any atom is 0.407 e. The topological polar surface area (TPSA) is 18.5 Å². The van der Waals surface area contributed by atoms with Gasteiger partial charge in [0.1, 0.15) is 0 Å². The summed E-state index contributed by atoms with van der Waals surface area (Å²) in [4.78, 5) is 0. The smallest absolute Gasteiger partial charge is 0.388 e. The van der Waals surface area contributed by atoms with Crippen molar-refractivity contribution >= 4 is 18.9 Å². The van der Waals surface area contributed by atoms with Crippen LogP contribution in [-0.2, 0) is 8.85 Å². The summed E-state index contributed by atoms with van der Waals surface area (Å²) in [7, 11) is -2.68. The molecule has 2 rings (SSSR count). The Labute approximate surface area is 154 Å². The molecule has 0 amide bonds. The Morgan fingerprint density at radius 1 is 0.720 bits per heavy atom. The van der Waals surface area contributed by atoms with Crippen molar-refractivity contribution in [1.82, 2.24) is 0 Å². The largest absolute Gasteiger partial charge is 0.407 e. The number of benzene rings is 2. The SMILES string of the molecule is CCCCO[Si](OCCCC)(c1cccc(C)c1)c1cccc(C)c1. The fourth-order valence-corrected chi connectivity index (χ4v) is 6.38. The van der Waals surface area contributed by atoms with Gasteiger partial charge in [-0.15, -0.1) is 0 Å². The maximum absolute atomic E-state index is 6.62. The number of hydrogen-bond acceptors (Lipinski definition) is 2. The van der Waals surface area contributed by atoms with E-state index in [1.54, 1.807) is 0 Å². The van der Waals surface area contributed by atoms with Gasteiger partial charge in [-0.25, -0.2) is 0 Å². The fraction of sp³-hybridized carbons (Fsp3) is 0.455. The van der Waals surface area contributed by atoms with Gasteiger partial charge in [-0.2, -0.15) is 0 Å². The van der Waals surface area contributed by atoms with E-state index in [-0.39, 0.29) is 0 Å². The summed E-state index contributed by atoms with van der Waals surface area (Å²) in [6, 6.07) is 17.4. The van der Waals surface area contributed by atoms with Crippen molar-refractivity contribution in [3.8, 4) is 0 Å². The molecular formula is C22H32O2Si. The molecule has 2 aromatic carbocycles. The lowest BCUT2D eigenvalue weighted by Gasteiger charge is -2.32. The molecule has 0 saturated heterocycles. The molecule has 0 unspecified atom stereocenters. The van der Waals surface area contributed by atoms with Gasteiger partial charge in [0.2, 0.25) is 0 Å². The van der Waals surface area contributed by atoms with Gasteiger partial charge < -0.3 is 8.85 Å². The third-order valence-corrected chi connectivity index (χ3v) is 7.77. The molecule has 0 aliphatic rings. The standard InChI is InChI=1S/C22H32O2Si/c1-5-7-15-23-25(24-16-8-6-2,21-13-9-11-19(3)17-21)22-14-10-12-20(4)18-22/h9-14,17-18H,5-8,15-16H2,1-4H3. The maximum atomic E-state index is 6.62. The Hall–Kier alpha value is -1.42. The van der Waals surface area contributed by atoms with Crippen molar-refractivity contribution in [2.75, 3.05) is 13.2 Å². The van der Waals surface area contributed by atoms with Crippen molar-refractivity contribution in [3.05, 3.63) is 59.7 Å². The molecular weight excluding hydrogens is 324 g/mol. The first kappa shape index (κ1) is 19.9. The number of unbranched alkanes of at least 4 members (excludes halogenated alkanes) is 2. The summed E-state index contributed by atoms with van der Waals surface area (Å²) in [5, 5.41) is 2.43. The van der Waals surface area contributed by atoms with Crippen LogP contribution in [0.15, 0.2) is 48.5 Å². The van der Waals surface area contributed by atoms with E-state index in [1.807, 2.05) is 0 Å². The lowest BCUT2D eigenvalue weighted by Crippen LogP contribution is -2.63. The van der Waals surface area contributed by atoms with Crippen molar-refractivity contribution in [2.45, 2.75) is 53.4 Å². The van der Waals surface area contributed by atoms with Crippen LogP contribution in [0, 0.1) is 13.8 Å². The number of hydrogen-bond donors (Lipinski definition) is 0. The van der Waals surface area contributed by atoms with Gasteiger partial charge in [-0.05, 0) is 37.1 Å². The normalized spacial score (nSPS) is 11.7. The Balaban J connectivity index is 2.50. The molecule has 0 aliphatic carbocycles. The van der Waals surface area contributed by atoms with Crippen molar-refractivity contribution in [3.63, 3.8) is 0 Å². The highest BCUT2D eigenvalue weighted by atomic mass is 28.4. The molecule has 0 atom stereocenters. The molecule has 0 bridgehead atoms. The highest BCUT2D eigenvalue weighted by Crippen LogP contribution is 2.14. The average molecular weight is 357 g/mol. The second-order valence-corrected chi connectivity index (χ2v) is 9.72. The first-order chi connectivity index (χ1) is 12.1. The van der Waals surface area contributed by atoms with Crippen LogP contribution in [0.1, 0.15) is 50.7 Å². The van der Waals surface area contributed by atoms with Crippen LogP contribution in [0.5, 0.6) is 0 Å². The summed E-state index contributed by atoms with van der Waals surface area (Å²) in [5.74, 6) is 0. The Bertz CT molecular complexity index is 596. The molecule has 0 saturated carbocycles. The van der Waals surface area contributed by atoms with Crippen LogP contribution in [-0.4, -0.2) is 21.8 Å². The van der Waals surface area contributed by atoms with E-state index in [4.69, 9.17) is 8.85 Å². The molecule has 2 aromatic rings.